The highest BCUT2D eigenvalue weighted by atomic mass is 16.5. The van der Waals surface area contributed by atoms with E-state index in [9.17, 15) is 4.79 Å². The zero-order chi connectivity index (χ0) is 19.2. The summed E-state index contributed by atoms with van der Waals surface area (Å²) >= 11 is 0. The molecule has 1 aromatic carbocycles. The van der Waals surface area contributed by atoms with Crippen LogP contribution in [0, 0.1) is 0 Å². The highest BCUT2D eigenvalue weighted by molar-refractivity contribution is 5.74. The summed E-state index contributed by atoms with van der Waals surface area (Å²) in [7, 11) is 0. The van der Waals surface area contributed by atoms with Crippen LogP contribution in [0.4, 0.5) is 5.95 Å². The third-order valence-electron chi connectivity index (χ3n) is 4.86. The Morgan fingerprint density at radius 3 is 2.81 bits per heavy atom. The minimum atomic E-state index is -0.249. The van der Waals surface area contributed by atoms with Gasteiger partial charge in [0.15, 0.2) is 5.65 Å². The molecule has 0 radical (unpaired) electrons. The molecular weight excluding hydrogens is 342 g/mol. The molecule has 7 nitrogen and oxygen atoms in total. The average molecular weight is 367 g/mol. The van der Waals surface area contributed by atoms with Crippen LogP contribution in [0.2, 0.25) is 0 Å². The van der Waals surface area contributed by atoms with Gasteiger partial charge in [0.25, 0.3) is 5.56 Å². The molecule has 1 N–H and O–H groups in total. The van der Waals surface area contributed by atoms with E-state index in [1.54, 1.807) is 6.20 Å². The standard InChI is InChI=1S/C20H25N5O2/c1-5-27-15-7-6-13-8-9-24(12-14(13)10-15)19-22-17-16(18(26)23-19)11-21-25(17)20(2,3)4/h6-7,10-11H,5,8-9,12H2,1-4H3,(H,22,23,26). The lowest BCUT2D eigenvalue weighted by Crippen LogP contribution is -2.33. The van der Waals surface area contributed by atoms with Gasteiger partial charge in [-0.2, -0.15) is 10.1 Å². The minimum Gasteiger partial charge on any atom is -0.494 e. The van der Waals surface area contributed by atoms with E-state index in [-0.39, 0.29) is 11.1 Å². The summed E-state index contributed by atoms with van der Waals surface area (Å²) in [5, 5.41) is 4.90. The second kappa shape index (κ2) is 6.40. The van der Waals surface area contributed by atoms with Gasteiger partial charge in [0.1, 0.15) is 11.1 Å². The first kappa shape index (κ1) is 17.6. The van der Waals surface area contributed by atoms with E-state index in [4.69, 9.17) is 9.72 Å². The molecule has 0 bridgehead atoms. The van der Waals surface area contributed by atoms with Crippen LogP contribution in [-0.2, 0) is 18.5 Å². The molecule has 0 spiro atoms. The zero-order valence-corrected chi connectivity index (χ0v) is 16.2. The first-order chi connectivity index (χ1) is 12.9. The smallest absolute Gasteiger partial charge is 0.263 e. The van der Waals surface area contributed by atoms with Crippen LogP contribution in [0.1, 0.15) is 38.8 Å². The number of aromatic amines is 1. The normalized spacial score (nSPS) is 14.4. The number of nitrogens with one attached hydrogen (secondary N) is 1. The molecule has 3 heterocycles. The Morgan fingerprint density at radius 2 is 2.07 bits per heavy atom. The number of hydrogen-bond donors (Lipinski definition) is 1. The second-order valence-electron chi connectivity index (χ2n) is 7.89. The van der Waals surface area contributed by atoms with Crippen molar-refractivity contribution in [3.8, 4) is 5.75 Å². The van der Waals surface area contributed by atoms with Crippen LogP contribution in [0.15, 0.2) is 29.2 Å². The van der Waals surface area contributed by atoms with Gasteiger partial charge in [0, 0.05) is 13.1 Å². The molecule has 0 saturated heterocycles. The molecule has 2 aromatic heterocycles. The highest BCUT2D eigenvalue weighted by Gasteiger charge is 2.23. The number of hydrogen-bond acceptors (Lipinski definition) is 5. The summed E-state index contributed by atoms with van der Waals surface area (Å²) < 4.78 is 7.44. The minimum absolute atomic E-state index is 0.153. The molecule has 27 heavy (non-hydrogen) atoms. The molecule has 1 aliphatic heterocycles. The van der Waals surface area contributed by atoms with Crippen molar-refractivity contribution in [3.05, 3.63) is 45.9 Å². The lowest BCUT2D eigenvalue weighted by atomic mass is 10.00. The number of aromatic nitrogens is 4. The Kier molecular flexibility index (Phi) is 4.17. The lowest BCUT2D eigenvalue weighted by Gasteiger charge is -2.29. The Balaban J connectivity index is 1.73. The van der Waals surface area contributed by atoms with E-state index < -0.39 is 0 Å². The van der Waals surface area contributed by atoms with Crippen LogP contribution in [0.3, 0.4) is 0 Å². The van der Waals surface area contributed by atoms with Crippen LogP contribution in [-0.4, -0.2) is 32.9 Å². The van der Waals surface area contributed by atoms with Crippen molar-refractivity contribution in [1.29, 1.82) is 0 Å². The molecule has 142 valence electrons. The number of anilines is 1. The van der Waals surface area contributed by atoms with Crippen molar-refractivity contribution in [2.45, 2.75) is 46.2 Å². The SMILES string of the molecule is CCOc1ccc2c(c1)CN(c1nc3c(cnn3C(C)(C)C)c(=O)[nH]1)CC2. The van der Waals surface area contributed by atoms with Crippen molar-refractivity contribution in [1.82, 2.24) is 19.7 Å². The summed E-state index contributed by atoms with van der Waals surface area (Å²) in [4.78, 5) is 22.4. The summed E-state index contributed by atoms with van der Waals surface area (Å²) in [6.45, 7) is 10.3. The van der Waals surface area contributed by atoms with E-state index in [1.165, 1.54) is 11.1 Å². The van der Waals surface area contributed by atoms with Gasteiger partial charge >= 0.3 is 0 Å². The topological polar surface area (TPSA) is 76.0 Å². The Bertz CT molecular complexity index is 1040. The molecule has 0 amide bonds. The number of fused-ring (bicyclic) bond motifs is 2. The Labute approximate surface area is 158 Å². The highest BCUT2D eigenvalue weighted by Crippen LogP contribution is 2.26. The molecule has 1 aliphatic rings. The zero-order valence-electron chi connectivity index (χ0n) is 16.2. The molecular formula is C20H25N5O2. The van der Waals surface area contributed by atoms with Crippen molar-refractivity contribution in [2.24, 2.45) is 0 Å². The number of nitrogens with zero attached hydrogens (tertiary/aromatic N) is 4. The molecule has 0 saturated carbocycles. The van der Waals surface area contributed by atoms with Gasteiger partial charge in [-0.15, -0.1) is 0 Å². The fraction of sp³-hybridized carbons (Fsp3) is 0.450. The summed E-state index contributed by atoms with van der Waals surface area (Å²) in [6.07, 6.45) is 2.50. The van der Waals surface area contributed by atoms with Gasteiger partial charge in [-0.05, 0) is 57.4 Å². The molecule has 3 aromatic rings. The van der Waals surface area contributed by atoms with Crippen molar-refractivity contribution in [3.63, 3.8) is 0 Å². The molecule has 7 heteroatoms. The van der Waals surface area contributed by atoms with Crippen LogP contribution in [0.5, 0.6) is 5.75 Å². The van der Waals surface area contributed by atoms with E-state index in [2.05, 4.69) is 27.1 Å². The van der Waals surface area contributed by atoms with Crippen LogP contribution >= 0.6 is 0 Å². The largest absolute Gasteiger partial charge is 0.494 e. The molecule has 0 atom stereocenters. The van der Waals surface area contributed by atoms with Gasteiger partial charge in [-0.1, -0.05) is 6.07 Å². The number of H-pyrrole nitrogens is 1. The first-order valence-corrected chi connectivity index (χ1v) is 9.35. The quantitative estimate of drug-likeness (QED) is 0.770. The fourth-order valence-corrected chi connectivity index (χ4v) is 3.52. The number of ether oxygens (including phenoxy) is 1. The van der Waals surface area contributed by atoms with Crippen LogP contribution in [0.25, 0.3) is 11.0 Å². The molecule has 0 unspecified atom stereocenters. The van der Waals surface area contributed by atoms with Crippen molar-refractivity contribution in [2.75, 3.05) is 18.1 Å². The maximum absolute atomic E-state index is 12.6. The van der Waals surface area contributed by atoms with E-state index >= 15 is 0 Å². The predicted octanol–water partition coefficient (Wildman–Crippen LogP) is 2.84. The summed E-state index contributed by atoms with van der Waals surface area (Å²) in [6, 6.07) is 6.23. The third-order valence-corrected chi connectivity index (χ3v) is 4.86. The molecule has 0 fully saturated rings. The van der Waals surface area contributed by atoms with E-state index in [0.29, 0.717) is 30.1 Å². The fourth-order valence-electron chi connectivity index (χ4n) is 3.52. The van der Waals surface area contributed by atoms with Gasteiger partial charge in [-0.25, -0.2) is 4.68 Å². The lowest BCUT2D eigenvalue weighted by molar-refractivity contribution is 0.339. The summed E-state index contributed by atoms with van der Waals surface area (Å²) in [5.74, 6) is 1.46. The third kappa shape index (κ3) is 3.18. The predicted molar refractivity (Wildman–Crippen MR) is 106 cm³/mol. The van der Waals surface area contributed by atoms with E-state index in [0.717, 1.165) is 18.7 Å². The van der Waals surface area contributed by atoms with Gasteiger partial charge in [0.2, 0.25) is 5.95 Å². The van der Waals surface area contributed by atoms with E-state index in [1.807, 2.05) is 38.4 Å². The maximum atomic E-state index is 12.6. The molecule has 4 rings (SSSR count). The monoisotopic (exact) mass is 367 g/mol. The van der Waals surface area contributed by atoms with Gasteiger partial charge < -0.3 is 9.64 Å². The number of rotatable bonds is 3. The molecule has 0 aliphatic carbocycles. The maximum Gasteiger partial charge on any atom is 0.263 e. The average Bonchev–Trinajstić information content (AvgIpc) is 3.06. The van der Waals surface area contributed by atoms with Gasteiger partial charge in [0.05, 0.1) is 18.3 Å². The van der Waals surface area contributed by atoms with Crippen molar-refractivity contribution >= 4 is 17.0 Å². The number of benzene rings is 1. The first-order valence-electron chi connectivity index (χ1n) is 9.35. The second-order valence-corrected chi connectivity index (χ2v) is 7.89. The Morgan fingerprint density at radius 1 is 1.26 bits per heavy atom. The summed E-state index contributed by atoms with van der Waals surface area (Å²) in [5.41, 5.74) is 2.74. The Hall–Kier alpha value is -2.83. The van der Waals surface area contributed by atoms with Crippen molar-refractivity contribution < 1.29 is 4.74 Å². The van der Waals surface area contributed by atoms with Crippen LogP contribution < -0.4 is 15.2 Å². The van der Waals surface area contributed by atoms with Gasteiger partial charge in [-0.3, -0.25) is 9.78 Å².